The number of anilines is 1. The summed E-state index contributed by atoms with van der Waals surface area (Å²) in [6.07, 6.45) is 1.16. The second-order valence-electron chi connectivity index (χ2n) is 4.61. The molecule has 1 heterocycles. The van der Waals surface area contributed by atoms with E-state index in [1.54, 1.807) is 25.3 Å². The molecule has 0 spiro atoms. The maximum Gasteiger partial charge on any atom is 0.128 e. The molecular formula is C15H17FN2O. The van der Waals surface area contributed by atoms with Crippen LogP contribution in [0.2, 0.25) is 0 Å². The van der Waals surface area contributed by atoms with Crippen LogP contribution in [0.3, 0.4) is 0 Å². The molecule has 0 aliphatic rings. The molecule has 0 aliphatic carbocycles. The van der Waals surface area contributed by atoms with Crippen molar-refractivity contribution < 1.29 is 9.50 Å². The van der Waals surface area contributed by atoms with Crippen LogP contribution in [0.1, 0.15) is 24.2 Å². The number of aromatic nitrogens is 1. The van der Waals surface area contributed by atoms with Gasteiger partial charge >= 0.3 is 0 Å². The summed E-state index contributed by atoms with van der Waals surface area (Å²) in [7, 11) is 1.92. The van der Waals surface area contributed by atoms with Gasteiger partial charge in [-0.3, -0.25) is 0 Å². The van der Waals surface area contributed by atoms with E-state index in [1.165, 1.54) is 12.1 Å². The van der Waals surface area contributed by atoms with Gasteiger partial charge in [-0.25, -0.2) is 9.37 Å². The van der Waals surface area contributed by atoms with E-state index in [2.05, 4.69) is 4.98 Å². The Hall–Kier alpha value is -1.94. The zero-order valence-electron chi connectivity index (χ0n) is 11.0. The Morgan fingerprint density at radius 2 is 1.89 bits per heavy atom. The Labute approximate surface area is 112 Å². The van der Waals surface area contributed by atoms with Crippen molar-refractivity contribution in [3.05, 3.63) is 59.5 Å². The molecule has 0 radical (unpaired) electrons. The van der Waals surface area contributed by atoms with Gasteiger partial charge in [0.15, 0.2) is 0 Å². The van der Waals surface area contributed by atoms with Gasteiger partial charge in [-0.05, 0) is 36.2 Å². The molecule has 0 fully saturated rings. The first-order chi connectivity index (χ1) is 9.06. The van der Waals surface area contributed by atoms with Gasteiger partial charge in [-0.15, -0.1) is 0 Å². The van der Waals surface area contributed by atoms with Crippen molar-refractivity contribution in [3.8, 4) is 0 Å². The minimum Gasteiger partial charge on any atom is -0.389 e. The number of aliphatic hydroxyl groups excluding tert-OH is 1. The molecular weight excluding hydrogens is 243 g/mol. The van der Waals surface area contributed by atoms with Crippen LogP contribution in [0.4, 0.5) is 10.2 Å². The fourth-order valence-corrected chi connectivity index (χ4v) is 1.82. The predicted octanol–water partition coefficient (Wildman–Crippen LogP) is 2.91. The van der Waals surface area contributed by atoms with Crippen molar-refractivity contribution in [2.24, 2.45) is 0 Å². The second kappa shape index (κ2) is 5.80. The third-order valence-corrected chi connectivity index (χ3v) is 2.98. The van der Waals surface area contributed by atoms with Crippen LogP contribution >= 0.6 is 0 Å². The molecule has 100 valence electrons. The summed E-state index contributed by atoms with van der Waals surface area (Å²) in [5.41, 5.74) is 1.81. The molecule has 3 nitrogen and oxygen atoms in total. The van der Waals surface area contributed by atoms with E-state index in [0.717, 1.165) is 16.9 Å². The Morgan fingerprint density at radius 1 is 1.21 bits per heavy atom. The van der Waals surface area contributed by atoms with Gasteiger partial charge in [0.2, 0.25) is 0 Å². The zero-order chi connectivity index (χ0) is 13.8. The van der Waals surface area contributed by atoms with E-state index in [9.17, 15) is 9.50 Å². The molecule has 2 aromatic rings. The summed E-state index contributed by atoms with van der Waals surface area (Å²) in [5, 5.41) is 9.43. The molecule has 1 N–H and O–H groups in total. The first-order valence-electron chi connectivity index (χ1n) is 6.16. The Morgan fingerprint density at radius 3 is 2.42 bits per heavy atom. The van der Waals surface area contributed by atoms with Crippen molar-refractivity contribution in [2.75, 3.05) is 11.9 Å². The summed E-state index contributed by atoms with van der Waals surface area (Å²) in [5.74, 6) is 0.583. The lowest BCUT2D eigenvalue weighted by atomic mass is 10.2. The largest absolute Gasteiger partial charge is 0.389 e. The Balaban J connectivity index is 2.07. The van der Waals surface area contributed by atoms with Gasteiger partial charge in [0.1, 0.15) is 11.6 Å². The van der Waals surface area contributed by atoms with Crippen LogP contribution < -0.4 is 4.90 Å². The number of rotatable bonds is 4. The third kappa shape index (κ3) is 3.51. The summed E-state index contributed by atoms with van der Waals surface area (Å²) in [6.45, 7) is 2.36. The van der Waals surface area contributed by atoms with Crippen molar-refractivity contribution in [1.29, 1.82) is 0 Å². The van der Waals surface area contributed by atoms with Gasteiger partial charge in [0, 0.05) is 19.8 Å². The number of halogens is 1. The third-order valence-electron chi connectivity index (χ3n) is 2.98. The van der Waals surface area contributed by atoms with Gasteiger partial charge in [-0.1, -0.05) is 18.2 Å². The van der Waals surface area contributed by atoms with E-state index >= 15 is 0 Å². The van der Waals surface area contributed by atoms with Crippen LogP contribution in [-0.2, 0) is 6.54 Å². The van der Waals surface area contributed by atoms with E-state index < -0.39 is 6.10 Å². The summed E-state index contributed by atoms with van der Waals surface area (Å²) < 4.78 is 12.8. The van der Waals surface area contributed by atoms with Crippen LogP contribution in [0.15, 0.2) is 42.6 Å². The average molecular weight is 260 g/mol. The SMILES string of the molecule is C[C@H](O)c1ccc(N(C)Cc2ccc(F)cc2)nc1. The van der Waals surface area contributed by atoms with E-state index in [0.29, 0.717) is 6.54 Å². The smallest absolute Gasteiger partial charge is 0.128 e. The van der Waals surface area contributed by atoms with Crippen molar-refractivity contribution in [1.82, 2.24) is 4.98 Å². The normalized spacial score (nSPS) is 12.2. The first kappa shape index (κ1) is 13.5. The number of hydrogen-bond donors (Lipinski definition) is 1. The number of benzene rings is 1. The van der Waals surface area contributed by atoms with Gasteiger partial charge in [0.25, 0.3) is 0 Å². The molecule has 19 heavy (non-hydrogen) atoms. The Bertz CT molecular complexity index is 523. The highest BCUT2D eigenvalue weighted by atomic mass is 19.1. The van der Waals surface area contributed by atoms with Gasteiger partial charge in [0.05, 0.1) is 6.10 Å². The summed E-state index contributed by atoms with van der Waals surface area (Å²) in [4.78, 5) is 6.28. The maximum atomic E-state index is 12.8. The molecule has 1 atom stereocenters. The molecule has 0 amide bonds. The summed E-state index contributed by atoms with van der Waals surface area (Å²) in [6, 6.07) is 10.1. The average Bonchev–Trinajstić information content (AvgIpc) is 2.41. The predicted molar refractivity (Wildman–Crippen MR) is 73.4 cm³/mol. The number of aliphatic hydroxyl groups is 1. The molecule has 1 aromatic heterocycles. The minimum atomic E-state index is -0.510. The highest BCUT2D eigenvalue weighted by Crippen LogP contribution is 2.16. The molecule has 1 aromatic carbocycles. The fraction of sp³-hybridized carbons (Fsp3) is 0.267. The monoisotopic (exact) mass is 260 g/mol. The van der Waals surface area contributed by atoms with Gasteiger partial charge < -0.3 is 10.0 Å². The highest BCUT2D eigenvalue weighted by molar-refractivity contribution is 5.39. The molecule has 0 bridgehead atoms. The molecule has 0 aliphatic heterocycles. The molecule has 0 saturated carbocycles. The van der Waals surface area contributed by atoms with Crippen molar-refractivity contribution >= 4 is 5.82 Å². The molecule has 0 unspecified atom stereocenters. The fourth-order valence-electron chi connectivity index (χ4n) is 1.82. The Kier molecular flexibility index (Phi) is 4.12. The number of nitrogens with zero attached hydrogens (tertiary/aromatic N) is 2. The van der Waals surface area contributed by atoms with Crippen LogP contribution in [-0.4, -0.2) is 17.1 Å². The lowest BCUT2D eigenvalue weighted by Crippen LogP contribution is -2.17. The minimum absolute atomic E-state index is 0.231. The topological polar surface area (TPSA) is 36.4 Å². The molecule has 2 rings (SSSR count). The van der Waals surface area contributed by atoms with E-state index in [4.69, 9.17) is 0 Å². The van der Waals surface area contributed by atoms with Crippen LogP contribution in [0.25, 0.3) is 0 Å². The van der Waals surface area contributed by atoms with Gasteiger partial charge in [-0.2, -0.15) is 0 Å². The van der Waals surface area contributed by atoms with E-state index in [-0.39, 0.29) is 5.82 Å². The van der Waals surface area contributed by atoms with Crippen LogP contribution in [0.5, 0.6) is 0 Å². The first-order valence-corrected chi connectivity index (χ1v) is 6.16. The highest BCUT2D eigenvalue weighted by Gasteiger charge is 2.06. The number of hydrogen-bond acceptors (Lipinski definition) is 3. The molecule has 0 saturated heterocycles. The van der Waals surface area contributed by atoms with Crippen LogP contribution in [0, 0.1) is 5.82 Å². The zero-order valence-corrected chi connectivity index (χ0v) is 11.0. The van der Waals surface area contributed by atoms with Crippen molar-refractivity contribution in [3.63, 3.8) is 0 Å². The summed E-state index contributed by atoms with van der Waals surface area (Å²) >= 11 is 0. The quantitative estimate of drug-likeness (QED) is 0.918. The lowest BCUT2D eigenvalue weighted by molar-refractivity contribution is 0.199. The number of pyridine rings is 1. The maximum absolute atomic E-state index is 12.8. The lowest BCUT2D eigenvalue weighted by Gasteiger charge is -2.18. The van der Waals surface area contributed by atoms with E-state index in [1.807, 2.05) is 24.1 Å². The van der Waals surface area contributed by atoms with Crippen molar-refractivity contribution in [2.45, 2.75) is 19.6 Å². The second-order valence-corrected chi connectivity index (χ2v) is 4.61. The molecule has 4 heteroatoms. The standard InChI is InChI=1S/C15H17FN2O/c1-11(19)13-5-8-15(17-9-13)18(2)10-12-3-6-14(16)7-4-12/h3-9,11,19H,10H2,1-2H3/t11-/m0/s1.